The Bertz CT molecular complexity index is 871. The summed E-state index contributed by atoms with van der Waals surface area (Å²) in [5, 5.41) is 15.5. The number of benzene rings is 1. The lowest BCUT2D eigenvalue weighted by Gasteiger charge is -2.30. The van der Waals surface area contributed by atoms with Crippen LogP contribution in [0.25, 0.3) is 0 Å². The van der Waals surface area contributed by atoms with Crippen LogP contribution < -0.4 is 10.6 Å². The molecule has 7 nitrogen and oxygen atoms in total. The summed E-state index contributed by atoms with van der Waals surface area (Å²) in [5.41, 5.74) is -0.261. The molecule has 2 aromatic rings. The van der Waals surface area contributed by atoms with Gasteiger partial charge < -0.3 is 5.11 Å². The first-order chi connectivity index (χ1) is 12.5. The van der Waals surface area contributed by atoms with Crippen LogP contribution in [0.4, 0.5) is 0 Å². The second-order valence-electron chi connectivity index (χ2n) is 6.67. The zero-order chi connectivity index (χ0) is 18.3. The second kappa shape index (κ2) is 6.03. The number of fused-ring (bicyclic) bond motifs is 1. The van der Waals surface area contributed by atoms with Gasteiger partial charge in [-0.3, -0.25) is 30.0 Å². The Morgan fingerprint density at radius 2 is 1.81 bits per heavy atom. The van der Waals surface area contributed by atoms with E-state index in [-0.39, 0.29) is 6.42 Å². The minimum absolute atomic E-state index is 0.0916. The van der Waals surface area contributed by atoms with Gasteiger partial charge in [0.15, 0.2) is 0 Å². The molecular formula is C19H17N3O4. The van der Waals surface area contributed by atoms with Crippen LogP contribution in [0.1, 0.15) is 17.3 Å². The number of nitrogens with zero attached hydrogens (tertiary/aromatic N) is 1. The number of amides is 2. The molecule has 0 bridgehead atoms. The molecule has 2 saturated heterocycles. The van der Waals surface area contributed by atoms with Gasteiger partial charge in [0.2, 0.25) is 11.8 Å². The number of hydrogen-bond acceptors (Lipinski definition) is 5. The molecule has 1 aromatic carbocycles. The molecule has 2 amide bonds. The van der Waals surface area contributed by atoms with Crippen LogP contribution >= 0.6 is 0 Å². The Kier molecular flexibility index (Phi) is 3.81. The molecule has 26 heavy (non-hydrogen) atoms. The van der Waals surface area contributed by atoms with E-state index in [2.05, 4.69) is 15.6 Å². The predicted octanol–water partition coefficient (Wildman–Crippen LogP) is 0.681. The predicted molar refractivity (Wildman–Crippen MR) is 90.8 cm³/mol. The molecular weight excluding hydrogens is 334 g/mol. The van der Waals surface area contributed by atoms with Crippen LogP contribution in [0.5, 0.6) is 0 Å². The number of carbonyl (C=O) groups excluding carboxylic acids is 2. The molecule has 3 heterocycles. The molecule has 7 heteroatoms. The molecule has 4 rings (SSSR count). The summed E-state index contributed by atoms with van der Waals surface area (Å²) in [6, 6.07) is 13.7. The van der Waals surface area contributed by atoms with Crippen molar-refractivity contribution in [3.8, 4) is 0 Å². The van der Waals surface area contributed by atoms with Crippen LogP contribution in [-0.4, -0.2) is 33.4 Å². The summed E-state index contributed by atoms with van der Waals surface area (Å²) in [6.45, 7) is 0. The van der Waals surface area contributed by atoms with E-state index in [1.165, 1.54) is 0 Å². The third kappa shape index (κ3) is 2.40. The van der Waals surface area contributed by atoms with E-state index in [1.54, 1.807) is 24.4 Å². The molecule has 2 aliphatic rings. The van der Waals surface area contributed by atoms with Gasteiger partial charge in [-0.2, -0.15) is 0 Å². The summed E-state index contributed by atoms with van der Waals surface area (Å²) < 4.78 is 0. The first-order valence-electron chi connectivity index (χ1n) is 8.33. The van der Waals surface area contributed by atoms with Crippen molar-refractivity contribution < 1.29 is 19.5 Å². The first kappa shape index (κ1) is 16.4. The third-order valence-corrected chi connectivity index (χ3v) is 5.21. The standard InChI is InChI=1S/C19H17N3O4/c23-16-13-14(17(24)21-16)19(18(25)26,10-11-6-2-1-3-7-11)22-15(13)12-8-4-5-9-20-12/h1-9,13-15,22H,10H2,(H,25,26)(H,21,23,24). The quantitative estimate of drug-likeness (QED) is 0.699. The SMILES string of the molecule is O=C1NC(=O)C2C1C(c1ccccn1)NC2(Cc1ccccc1)C(=O)O. The Balaban J connectivity index is 1.82. The van der Waals surface area contributed by atoms with Gasteiger partial charge in [-0.05, 0) is 17.7 Å². The van der Waals surface area contributed by atoms with Crippen molar-refractivity contribution in [1.29, 1.82) is 0 Å². The van der Waals surface area contributed by atoms with Crippen molar-refractivity contribution in [2.45, 2.75) is 18.0 Å². The zero-order valence-corrected chi connectivity index (χ0v) is 13.8. The fourth-order valence-electron chi connectivity index (χ4n) is 4.10. The topological polar surface area (TPSA) is 108 Å². The fraction of sp³-hybridized carbons (Fsp3) is 0.263. The number of nitrogens with one attached hydrogen (secondary N) is 2. The van der Waals surface area contributed by atoms with Crippen molar-refractivity contribution in [2.24, 2.45) is 11.8 Å². The van der Waals surface area contributed by atoms with Gasteiger partial charge in [-0.1, -0.05) is 36.4 Å². The van der Waals surface area contributed by atoms with Crippen LogP contribution in [0.15, 0.2) is 54.7 Å². The largest absolute Gasteiger partial charge is 0.480 e. The molecule has 2 aliphatic heterocycles. The van der Waals surface area contributed by atoms with E-state index in [0.717, 1.165) is 5.56 Å². The number of carbonyl (C=O) groups is 3. The van der Waals surface area contributed by atoms with E-state index in [4.69, 9.17) is 0 Å². The van der Waals surface area contributed by atoms with Crippen LogP contribution in [-0.2, 0) is 20.8 Å². The average molecular weight is 351 g/mol. The Labute approximate surface area is 149 Å². The van der Waals surface area contributed by atoms with Gasteiger partial charge in [0, 0.05) is 12.6 Å². The van der Waals surface area contributed by atoms with Gasteiger partial charge in [-0.15, -0.1) is 0 Å². The zero-order valence-electron chi connectivity index (χ0n) is 13.8. The minimum Gasteiger partial charge on any atom is -0.480 e. The molecule has 0 aliphatic carbocycles. The number of imide groups is 1. The lowest BCUT2D eigenvalue weighted by Crippen LogP contribution is -2.57. The number of pyridine rings is 1. The van der Waals surface area contributed by atoms with Crippen molar-refractivity contribution in [2.75, 3.05) is 0 Å². The van der Waals surface area contributed by atoms with E-state index >= 15 is 0 Å². The first-order valence-corrected chi connectivity index (χ1v) is 8.33. The van der Waals surface area contributed by atoms with Crippen molar-refractivity contribution >= 4 is 17.8 Å². The minimum atomic E-state index is -1.58. The molecule has 132 valence electrons. The molecule has 1 aromatic heterocycles. The maximum Gasteiger partial charge on any atom is 0.325 e. The summed E-state index contributed by atoms with van der Waals surface area (Å²) in [6.07, 6.45) is 1.67. The van der Waals surface area contributed by atoms with Crippen molar-refractivity contribution in [3.63, 3.8) is 0 Å². The summed E-state index contributed by atoms with van der Waals surface area (Å²) in [4.78, 5) is 41.5. The Hall–Kier alpha value is -3.06. The lowest BCUT2D eigenvalue weighted by atomic mass is 9.76. The van der Waals surface area contributed by atoms with Crippen molar-refractivity contribution in [1.82, 2.24) is 15.6 Å². The Morgan fingerprint density at radius 1 is 1.08 bits per heavy atom. The number of aliphatic carboxylic acids is 1. The van der Waals surface area contributed by atoms with Gasteiger partial charge in [0.1, 0.15) is 5.54 Å². The lowest BCUT2D eigenvalue weighted by molar-refractivity contribution is -0.149. The van der Waals surface area contributed by atoms with Gasteiger partial charge >= 0.3 is 5.97 Å². The highest BCUT2D eigenvalue weighted by atomic mass is 16.4. The Morgan fingerprint density at radius 3 is 2.46 bits per heavy atom. The number of rotatable bonds is 4. The van der Waals surface area contributed by atoms with E-state index in [0.29, 0.717) is 5.69 Å². The third-order valence-electron chi connectivity index (χ3n) is 5.21. The molecule has 4 unspecified atom stereocenters. The molecule has 0 spiro atoms. The van der Waals surface area contributed by atoms with Crippen molar-refractivity contribution in [3.05, 3.63) is 66.0 Å². The summed E-state index contributed by atoms with van der Waals surface area (Å²) >= 11 is 0. The number of hydrogen-bond donors (Lipinski definition) is 3. The maximum atomic E-state index is 12.5. The number of carboxylic acid groups (broad SMARTS) is 1. The molecule has 4 atom stereocenters. The van der Waals surface area contributed by atoms with Crippen LogP contribution in [0.2, 0.25) is 0 Å². The molecule has 3 N–H and O–H groups in total. The molecule has 0 saturated carbocycles. The smallest absolute Gasteiger partial charge is 0.325 e. The van der Waals surface area contributed by atoms with Gasteiger partial charge in [-0.25, -0.2) is 0 Å². The highest BCUT2D eigenvalue weighted by Crippen LogP contribution is 2.47. The van der Waals surface area contributed by atoms with Crippen LogP contribution in [0, 0.1) is 11.8 Å². The number of carboxylic acids is 1. The normalized spacial score (nSPS) is 30.1. The second-order valence-corrected chi connectivity index (χ2v) is 6.67. The average Bonchev–Trinajstić information content (AvgIpc) is 3.14. The van der Waals surface area contributed by atoms with E-state index in [9.17, 15) is 19.5 Å². The monoisotopic (exact) mass is 351 g/mol. The van der Waals surface area contributed by atoms with E-state index < -0.39 is 41.2 Å². The molecule has 0 radical (unpaired) electrons. The highest BCUT2D eigenvalue weighted by molar-refractivity contribution is 6.09. The van der Waals surface area contributed by atoms with E-state index in [1.807, 2.05) is 30.3 Å². The van der Waals surface area contributed by atoms with Gasteiger partial charge in [0.25, 0.3) is 0 Å². The number of aromatic nitrogens is 1. The molecule has 2 fully saturated rings. The highest BCUT2D eigenvalue weighted by Gasteiger charge is 2.66. The fourth-order valence-corrected chi connectivity index (χ4v) is 4.10. The summed E-state index contributed by atoms with van der Waals surface area (Å²) in [5.74, 6) is -3.97. The van der Waals surface area contributed by atoms with Gasteiger partial charge in [0.05, 0.1) is 23.6 Å². The van der Waals surface area contributed by atoms with Crippen LogP contribution in [0.3, 0.4) is 0 Å². The summed E-state index contributed by atoms with van der Waals surface area (Å²) in [7, 11) is 0. The maximum absolute atomic E-state index is 12.5.